The predicted octanol–water partition coefficient (Wildman–Crippen LogP) is 15.3. The standard InChI is InChI=1S/C21H24FNO2.C20H18FNO.C18H18FNO2S.C14H17NO2/c1-3-23-13-12-21(25,17-8-10-18(22)11-9-17)19(14-23)20(24)16-6-4-15(2)5-7-16;1-14-7-9-18(12-20(14)21)22-15(2)13-23-19-10-8-16-5-3-4-6-17(16)11-19;1-12(21)17-11-23-18(20-17)14-4-8-16(9-5-14)22-10-13-2-6-15(19)7-3-13;1-2-3-4-7-10-15-12-9-6-5-8-11(12)13(16)14(15)17/h4-11,19,25H,3,12-14H2,1-2H3;3-12,22H,2,13H2,1H3;2-9,17-18,20H,10-11H2,1H3;5-6,8-9H,2-4,7,10H2,1H3. The molecule has 0 spiro atoms. The molecule has 15 heteroatoms. The topological polar surface area (TPSA) is 138 Å². The number of aliphatic hydroxyl groups is 1. The van der Waals surface area contributed by atoms with Gasteiger partial charge in [-0.15, -0.1) is 11.8 Å². The molecular weight excluding hydrogens is 1130 g/mol. The number of amides is 1. The van der Waals surface area contributed by atoms with Crippen molar-refractivity contribution in [2.45, 2.75) is 90.3 Å². The van der Waals surface area contributed by atoms with E-state index in [0.717, 1.165) is 64.4 Å². The SMILES string of the molecule is C=C(COc1ccc2ccccc2c1)Nc1ccc(C)c(F)c1.CC(=O)C1CSC(c2ccc(OCc3ccc(F)cc3)cc2)N1.CCCCCCN1C(=O)C(=O)c2ccccc21.CCN1CCC(O)(c2ccc(F)cc2)C(C(=O)c2ccc(C)cc2)C1. The number of hydrogen-bond donors (Lipinski definition) is 3. The van der Waals surface area contributed by atoms with Crippen LogP contribution in [-0.4, -0.2) is 77.8 Å². The molecule has 0 radical (unpaired) electrons. The number of likely N-dealkylation sites (tertiary alicyclic amines) is 1. The van der Waals surface area contributed by atoms with E-state index in [-0.39, 0.29) is 52.1 Å². The summed E-state index contributed by atoms with van der Waals surface area (Å²) in [4.78, 5) is 51.9. The van der Waals surface area contributed by atoms with Gasteiger partial charge in [0.25, 0.3) is 11.7 Å². The largest absolute Gasteiger partial charge is 0.489 e. The van der Waals surface area contributed by atoms with E-state index in [1.165, 1.54) is 48.6 Å². The molecule has 8 aromatic carbocycles. The first kappa shape index (κ1) is 65.6. The lowest BCUT2D eigenvalue weighted by Gasteiger charge is -2.44. The summed E-state index contributed by atoms with van der Waals surface area (Å²) in [7, 11) is 0. The van der Waals surface area contributed by atoms with Gasteiger partial charge in [0.15, 0.2) is 5.78 Å². The van der Waals surface area contributed by atoms with Gasteiger partial charge in [-0.25, -0.2) is 13.2 Å². The predicted molar refractivity (Wildman–Crippen MR) is 347 cm³/mol. The molecule has 11 nitrogen and oxygen atoms in total. The lowest BCUT2D eigenvalue weighted by Crippen LogP contribution is -2.53. The number of hydrogen-bond acceptors (Lipinski definition) is 11. The molecule has 3 aliphatic rings. The number of unbranched alkanes of at least 4 members (excludes halogenated alkanes) is 3. The quantitative estimate of drug-likeness (QED) is 0.0405. The lowest BCUT2D eigenvalue weighted by atomic mass is 9.72. The fourth-order valence-electron chi connectivity index (χ4n) is 10.5. The van der Waals surface area contributed by atoms with Crippen LogP contribution in [-0.2, 0) is 21.8 Å². The number of nitrogens with one attached hydrogen (secondary N) is 2. The Morgan fingerprint density at radius 2 is 1.42 bits per heavy atom. The number of carbonyl (C=O) groups is 4. The highest BCUT2D eigenvalue weighted by Gasteiger charge is 2.46. The molecule has 458 valence electrons. The van der Waals surface area contributed by atoms with Crippen molar-refractivity contribution in [3.63, 3.8) is 0 Å². The van der Waals surface area contributed by atoms with Crippen LogP contribution in [0.15, 0.2) is 194 Å². The van der Waals surface area contributed by atoms with E-state index in [2.05, 4.69) is 42.0 Å². The normalized spacial score (nSPS) is 17.7. The summed E-state index contributed by atoms with van der Waals surface area (Å²) < 4.78 is 51.1. The minimum atomic E-state index is -1.28. The third-order valence-corrected chi connectivity index (χ3v) is 17.1. The molecule has 4 unspecified atom stereocenters. The minimum absolute atomic E-state index is 0.0561. The minimum Gasteiger partial charge on any atom is -0.489 e. The Balaban J connectivity index is 0.000000153. The summed E-state index contributed by atoms with van der Waals surface area (Å²) in [6, 6.07) is 53.7. The Morgan fingerprint density at radius 1 is 0.750 bits per heavy atom. The van der Waals surface area contributed by atoms with Crippen LogP contribution < -0.4 is 25.0 Å². The highest BCUT2D eigenvalue weighted by atomic mass is 32.2. The molecule has 2 saturated heterocycles. The second-order valence-corrected chi connectivity index (χ2v) is 23.4. The average molecular weight is 1210 g/mol. The number of Topliss-reactive ketones (excluding diaryl/α,β-unsaturated/α-hetero) is 3. The van der Waals surface area contributed by atoms with Crippen molar-refractivity contribution in [1.82, 2.24) is 10.2 Å². The molecule has 3 N–H and O–H groups in total. The van der Waals surface area contributed by atoms with Crippen LogP contribution in [0.1, 0.15) is 107 Å². The van der Waals surface area contributed by atoms with E-state index in [9.17, 15) is 37.5 Å². The number of ether oxygens (including phenoxy) is 2. The summed E-state index contributed by atoms with van der Waals surface area (Å²) in [5, 5.41) is 20.3. The summed E-state index contributed by atoms with van der Waals surface area (Å²) in [5.41, 5.74) is 6.36. The van der Waals surface area contributed by atoms with Gasteiger partial charge in [-0.05, 0) is 146 Å². The Kier molecular flexibility index (Phi) is 23.5. The van der Waals surface area contributed by atoms with Crippen LogP contribution in [0.5, 0.6) is 11.5 Å². The molecule has 1 amide bonds. The highest BCUT2D eigenvalue weighted by molar-refractivity contribution is 7.99. The van der Waals surface area contributed by atoms with E-state index in [1.807, 2.05) is 110 Å². The van der Waals surface area contributed by atoms with Gasteiger partial charge in [0.1, 0.15) is 53.5 Å². The number of rotatable bonds is 19. The van der Waals surface area contributed by atoms with Crippen molar-refractivity contribution in [1.29, 1.82) is 0 Å². The molecule has 0 saturated carbocycles. The number of fused-ring (bicyclic) bond motifs is 2. The van der Waals surface area contributed by atoms with Gasteiger partial charge < -0.3 is 29.7 Å². The number of ketones is 3. The second-order valence-electron chi connectivity index (χ2n) is 22.2. The van der Waals surface area contributed by atoms with Crippen molar-refractivity contribution in [2.24, 2.45) is 5.92 Å². The molecule has 4 atom stereocenters. The van der Waals surface area contributed by atoms with Crippen LogP contribution in [0.3, 0.4) is 0 Å². The van der Waals surface area contributed by atoms with Crippen molar-refractivity contribution in [2.75, 3.05) is 48.8 Å². The van der Waals surface area contributed by atoms with Gasteiger partial charge in [0.05, 0.1) is 28.6 Å². The average Bonchev–Trinajstić information content (AvgIpc) is 1.94. The van der Waals surface area contributed by atoms with Crippen molar-refractivity contribution < 1.29 is 46.9 Å². The Bertz CT molecular complexity index is 3660. The van der Waals surface area contributed by atoms with Gasteiger partial charge in [-0.3, -0.25) is 24.5 Å². The monoisotopic (exact) mass is 1210 g/mol. The van der Waals surface area contributed by atoms with Gasteiger partial charge in [-0.2, -0.15) is 0 Å². The molecular formula is C73H77F3N4O7S. The molecule has 0 aromatic heterocycles. The number of piperidine rings is 1. The Morgan fingerprint density at radius 3 is 2.09 bits per heavy atom. The maximum atomic E-state index is 13.5. The van der Waals surface area contributed by atoms with E-state index in [4.69, 9.17) is 9.47 Å². The lowest BCUT2D eigenvalue weighted by molar-refractivity contribution is -0.118. The highest BCUT2D eigenvalue weighted by Crippen LogP contribution is 2.40. The molecule has 0 aliphatic carbocycles. The van der Waals surface area contributed by atoms with Crippen molar-refractivity contribution >= 4 is 57.2 Å². The summed E-state index contributed by atoms with van der Waals surface area (Å²) in [6.45, 7) is 16.9. The molecule has 11 rings (SSSR count). The number of anilines is 2. The zero-order chi connectivity index (χ0) is 62.7. The second kappa shape index (κ2) is 31.5. The Labute approximate surface area is 519 Å². The van der Waals surface area contributed by atoms with Gasteiger partial charge >= 0.3 is 0 Å². The van der Waals surface area contributed by atoms with Crippen LogP contribution in [0.25, 0.3) is 10.8 Å². The molecule has 8 aromatic rings. The van der Waals surface area contributed by atoms with Crippen LogP contribution in [0.2, 0.25) is 0 Å². The van der Waals surface area contributed by atoms with Gasteiger partial charge in [0, 0.05) is 42.3 Å². The number of benzene rings is 8. The number of aryl methyl sites for hydroxylation is 2. The zero-order valence-corrected chi connectivity index (χ0v) is 51.4. The van der Waals surface area contributed by atoms with Crippen molar-refractivity contribution in [3.8, 4) is 11.5 Å². The number of halogens is 3. The first-order chi connectivity index (χ1) is 42.4. The molecule has 3 aliphatic heterocycles. The number of thioether (sulfide) groups is 1. The zero-order valence-electron chi connectivity index (χ0n) is 50.6. The molecule has 88 heavy (non-hydrogen) atoms. The van der Waals surface area contributed by atoms with Crippen LogP contribution >= 0.6 is 11.8 Å². The third-order valence-electron chi connectivity index (χ3n) is 15.8. The van der Waals surface area contributed by atoms with E-state index >= 15 is 0 Å². The van der Waals surface area contributed by atoms with Gasteiger partial charge in [-0.1, -0.05) is 154 Å². The Hall–Kier alpha value is -8.34. The van der Waals surface area contributed by atoms with Crippen LogP contribution in [0.4, 0.5) is 24.5 Å². The molecule has 3 heterocycles. The smallest absolute Gasteiger partial charge is 0.299 e. The first-order valence-corrected chi connectivity index (χ1v) is 30.9. The summed E-state index contributed by atoms with van der Waals surface area (Å²) in [5.74, 6) is 0.327. The fourth-order valence-corrected chi connectivity index (χ4v) is 11.8. The van der Waals surface area contributed by atoms with Gasteiger partial charge in [0.2, 0.25) is 0 Å². The van der Waals surface area contributed by atoms with E-state index in [1.54, 1.807) is 73.0 Å². The number of carbonyl (C=O) groups excluding carboxylic acids is 4. The fraction of sp³-hybridized carbons (Fsp3) is 0.288. The number of nitrogens with zero attached hydrogens (tertiary/aromatic N) is 2. The van der Waals surface area contributed by atoms with Crippen molar-refractivity contribution in [3.05, 3.63) is 251 Å². The maximum absolute atomic E-state index is 13.5. The third kappa shape index (κ3) is 17.7. The maximum Gasteiger partial charge on any atom is 0.299 e. The summed E-state index contributed by atoms with van der Waals surface area (Å²) in [6.07, 6.45) is 4.87. The molecule has 2 fully saturated rings. The first-order valence-electron chi connectivity index (χ1n) is 29.9. The summed E-state index contributed by atoms with van der Waals surface area (Å²) >= 11 is 1.74. The molecule has 0 bridgehead atoms. The van der Waals surface area contributed by atoms with E-state index in [0.29, 0.717) is 72.9 Å². The van der Waals surface area contributed by atoms with Crippen LogP contribution in [0, 0.1) is 37.2 Å². The number of para-hydroxylation sites is 1. The van der Waals surface area contributed by atoms with E-state index < -0.39 is 11.5 Å².